The molecular formula is C20H16ClFN2O3. The summed E-state index contributed by atoms with van der Waals surface area (Å²) in [4.78, 5) is 15.3. The number of carbonyl (C=O) groups is 1. The third kappa shape index (κ3) is 5.69. The molecule has 3 rings (SSSR count). The number of halogens is 2. The SMILES string of the molecule is O=C(CCl)Nc1ccc(Oc2ccc(OCc3cccc(F)c3)cc2)nc1. The fourth-order valence-electron chi connectivity index (χ4n) is 2.23. The Morgan fingerprint density at radius 1 is 1.07 bits per heavy atom. The monoisotopic (exact) mass is 386 g/mol. The van der Waals surface area contributed by atoms with Crippen molar-refractivity contribution < 1.29 is 18.7 Å². The average molecular weight is 387 g/mol. The summed E-state index contributed by atoms with van der Waals surface area (Å²) in [6.45, 7) is 0.273. The number of pyridine rings is 1. The van der Waals surface area contributed by atoms with Crippen LogP contribution in [0.3, 0.4) is 0 Å². The van der Waals surface area contributed by atoms with Gasteiger partial charge < -0.3 is 14.8 Å². The number of ether oxygens (including phenoxy) is 2. The Labute approximate surface area is 160 Å². The van der Waals surface area contributed by atoms with Crippen LogP contribution >= 0.6 is 11.6 Å². The number of nitrogens with one attached hydrogen (secondary N) is 1. The number of nitrogens with zero attached hydrogens (tertiary/aromatic N) is 1. The number of anilines is 1. The zero-order chi connectivity index (χ0) is 19.1. The number of carbonyl (C=O) groups excluding carboxylic acids is 1. The minimum atomic E-state index is -0.305. The first-order valence-corrected chi connectivity index (χ1v) is 8.63. The third-order valence-electron chi connectivity index (χ3n) is 3.48. The van der Waals surface area contributed by atoms with Crippen molar-refractivity contribution in [3.05, 3.63) is 78.2 Å². The van der Waals surface area contributed by atoms with E-state index in [9.17, 15) is 9.18 Å². The van der Waals surface area contributed by atoms with E-state index in [1.54, 1.807) is 48.5 Å². The molecule has 0 aliphatic carbocycles. The first-order chi connectivity index (χ1) is 13.1. The van der Waals surface area contributed by atoms with E-state index in [-0.39, 0.29) is 24.2 Å². The van der Waals surface area contributed by atoms with Crippen molar-refractivity contribution in [3.63, 3.8) is 0 Å². The smallest absolute Gasteiger partial charge is 0.239 e. The number of benzene rings is 2. The second kappa shape index (κ2) is 9.00. The number of hydrogen-bond acceptors (Lipinski definition) is 4. The molecule has 0 unspecified atom stereocenters. The summed E-state index contributed by atoms with van der Waals surface area (Å²) in [5.41, 5.74) is 1.29. The Morgan fingerprint density at radius 2 is 1.85 bits per heavy atom. The fourth-order valence-corrected chi connectivity index (χ4v) is 2.29. The van der Waals surface area contributed by atoms with Crippen molar-refractivity contribution in [2.24, 2.45) is 0 Å². The fraction of sp³-hybridized carbons (Fsp3) is 0.100. The van der Waals surface area contributed by atoms with E-state index in [1.165, 1.54) is 18.3 Å². The van der Waals surface area contributed by atoms with E-state index in [1.807, 2.05) is 0 Å². The minimum Gasteiger partial charge on any atom is -0.489 e. The molecular weight excluding hydrogens is 371 g/mol. The average Bonchev–Trinajstić information content (AvgIpc) is 2.69. The van der Waals surface area contributed by atoms with Crippen LogP contribution in [0, 0.1) is 5.82 Å². The maximum atomic E-state index is 13.2. The first kappa shape index (κ1) is 18.7. The van der Waals surface area contributed by atoms with Crippen molar-refractivity contribution in [3.8, 4) is 17.4 Å². The highest BCUT2D eigenvalue weighted by Crippen LogP contribution is 2.23. The molecule has 138 valence electrons. The molecule has 0 spiro atoms. The van der Waals surface area contributed by atoms with Crippen LogP contribution in [-0.2, 0) is 11.4 Å². The van der Waals surface area contributed by atoms with Crippen LogP contribution in [-0.4, -0.2) is 16.8 Å². The van der Waals surface area contributed by atoms with Crippen molar-refractivity contribution >= 4 is 23.2 Å². The van der Waals surface area contributed by atoms with Crippen molar-refractivity contribution in [2.45, 2.75) is 6.61 Å². The van der Waals surface area contributed by atoms with E-state index in [0.29, 0.717) is 23.1 Å². The van der Waals surface area contributed by atoms with Crippen LogP contribution < -0.4 is 14.8 Å². The van der Waals surface area contributed by atoms with Gasteiger partial charge in [-0.3, -0.25) is 4.79 Å². The molecule has 0 fully saturated rings. The van der Waals surface area contributed by atoms with Crippen LogP contribution in [0.2, 0.25) is 0 Å². The second-order valence-corrected chi connectivity index (χ2v) is 5.83. The number of alkyl halides is 1. The summed E-state index contributed by atoms with van der Waals surface area (Å²) in [5.74, 6) is 0.886. The summed E-state index contributed by atoms with van der Waals surface area (Å²) < 4.78 is 24.4. The molecule has 0 radical (unpaired) electrons. The summed E-state index contributed by atoms with van der Waals surface area (Å²) in [6, 6.07) is 16.6. The van der Waals surface area contributed by atoms with E-state index >= 15 is 0 Å². The summed E-state index contributed by atoms with van der Waals surface area (Å²) in [5, 5.41) is 2.59. The first-order valence-electron chi connectivity index (χ1n) is 8.09. The van der Waals surface area contributed by atoms with E-state index < -0.39 is 0 Å². The molecule has 0 saturated heterocycles. The second-order valence-electron chi connectivity index (χ2n) is 5.56. The van der Waals surface area contributed by atoms with Crippen molar-refractivity contribution in [1.82, 2.24) is 4.98 Å². The van der Waals surface area contributed by atoms with Gasteiger partial charge >= 0.3 is 0 Å². The molecule has 5 nitrogen and oxygen atoms in total. The van der Waals surface area contributed by atoms with Gasteiger partial charge in [0.25, 0.3) is 0 Å². The third-order valence-corrected chi connectivity index (χ3v) is 3.72. The van der Waals surface area contributed by atoms with Crippen LogP contribution in [0.1, 0.15) is 5.56 Å². The van der Waals surface area contributed by atoms with Gasteiger partial charge in [0.05, 0.1) is 11.9 Å². The number of amides is 1. The minimum absolute atomic E-state index is 0.119. The van der Waals surface area contributed by atoms with Gasteiger partial charge in [0, 0.05) is 6.07 Å². The highest BCUT2D eigenvalue weighted by molar-refractivity contribution is 6.29. The largest absolute Gasteiger partial charge is 0.489 e. The van der Waals surface area contributed by atoms with Gasteiger partial charge in [-0.05, 0) is 48.0 Å². The molecule has 1 amide bonds. The predicted octanol–water partition coefficient (Wildman–Crippen LogP) is 4.77. The molecule has 2 aromatic carbocycles. The van der Waals surface area contributed by atoms with Gasteiger partial charge in [0.15, 0.2) is 0 Å². The lowest BCUT2D eigenvalue weighted by atomic mass is 10.2. The molecule has 0 aliphatic rings. The van der Waals surface area contributed by atoms with Gasteiger partial charge in [-0.15, -0.1) is 11.6 Å². The van der Waals surface area contributed by atoms with Crippen LogP contribution in [0.5, 0.6) is 17.4 Å². The summed E-state index contributed by atoms with van der Waals surface area (Å²) in [6.07, 6.45) is 1.48. The molecule has 0 saturated carbocycles. The zero-order valence-corrected chi connectivity index (χ0v) is 14.9. The number of aromatic nitrogens is 1. The van der Waals surface area contributed by atoms with Crippen LogP contribution in [0.25, 0.3) is 0 Å². The van der Waals surface area contributed by atoms with E-state index in [0.717, 1.165) is 5.56 Å². The maximum Gasteiger partial charge on any atom is 0.239 e. The van der Waals surface area contributed by atoms with Gasteiger partial charge in [0.1, 0.15) is 29.8 Å². The lowest BCUT2D eigenvalue weighted by Crippen LogP contribution is -2.12. The number of hydrogen-bond donors (Lipinski definition) is 1. The van der Waals surface area contributed by atoms with Gasteiger partial charge in [-0.25, -0.2) is 9.37 Å². The molecule has 0 aliphatic heterocycles. The Balaban J connectivity index is 1.55. The molecule has 1 aromatic heterocycles. The summed E-state index contributed by atoms with van der Waals surface area (Å²) >= 11 is 5.43. The van der Waals surface area contributed by atoms with Gasteiger partial charge in [0.2, 0.25) is 11.8 Å². The highest BCUT2D eigenvalue weighted by atomic mass is 35.5. The predicted molar refractivity (Wildman–Crippen MR) is 101 cm³/mol. The Hall–Kier alpha value is -3.12. The topological polar surface area (TPSA) is 60.5 Å². The maximum absolute atomic E-state index is 13.2. The van der Waals surface area contributed by atoms with E-state index in [4.69, 9.17) is 21.1 Å². The Morgan fingerprint density at radius 3 is 2.52 bits per heavy atom. The molecule has 0 bridgehead atoms. The van der Waals surface area contributed by atoms with Crippen LogP contribution in [0.15, 0.2) is 66.9 Å². The van der Waals surface area contributed by atoms with Crippen molar-refractivity contribution in [2.75, 3.05) is 11.2 Å². The van der Waals surface area contributed by atoms with Crippen molar-refractivity contribution in [1.29, 1.82) is 0 Å². The quantitative estimate of drug-likeness (QED) is 0.594. The van der Waals surface area contributed by atoms with Gasteiger partial charge in [-0.2, -0.15) is 0 Å². The Kier molecular flexibility index (Phi) is 6.22. The molecule has 1 N–H and O–H groups in total. The normalized spacial score (nSPS) is 10.3. The lowest BCUT2D eigenvalue weighted by Gasteiger charge is -2.09. The molecule has 7 heteroatoms. The van der Waals surface area contributed by atoms with Gasteiger partial charge in [-0.1, -0.05) is 12.1 Å². The summed E-state index contributed by atoms with van der Waals surface area (Å²) in [7, 11) is 0. The molecule has 3 aromatic rings. The standard InChI is InChI=1S/C20H16ClFN2O3/c21-11-19(25)24-16-4-9-20(23-12-16)27-18-7-5-17(6-8-18)26-13-14-2-1-3-15(22)10-14/h1-10,12H,11,13H2,(H,24,25). The molecule has 0 atom stereocenters. The Bertz CT molecular complexity index is 902. The highest BCUT2D eigenvalue weighted by Gasteiger charge is 2.03. The van der Waals surface area contributed by atoms with E-state index in [2.05, 4.69) is 10.3 Å². The van der Waals surface area contributed by atoms with Crippen LogP contribution in [0.4, 0.5) is 10.1 Å². The molecule has 1 heterocycles. The number of rotatable bonds is 7. The molecule has 27 heavy (non-hydrogen) atoms. The lowest BCUT2D eigenvalue weighted by molar-refractivity contribution is -0.113. The zero-order valence-electron chi connectivity index (χ0n) is 14.2.